The first-order valence-corrected chi connectivity index (χ1v) is 7.83. The molecule has 0 fully saturated rings. The van der Waals surface area contributed by atoms with Gasteiger partial charge in [-0.3, -0.25) is 9.59 Å². The van der Waals surface area contributed by atoms with Crippen LogP contribution in [0.15, 0.2) is 23.8 Å². The van der Waals surface area contributed by atoms with Gasteiger partial charge in [0, 0.05) is 12.0 Å². The fourth-order valence-electron chi connectivity index (χ4n) is 2.61. The molecule has 0 spiro atoms. The Hall–Kier alpha value is -1.91. The fraction of sp³-hybridized carbons (Fsp3) is 0.611. The van der Waals surface area contributed by atoms with Gasteiger partial charge in [0.05, 0.1) is 6.61 Å². The summed E-state index contributed by atoms with van der Waals surface area (Å²) in [6, 6.07) is 0. The summed E-state index contributed by atoms with van der Waals surface area (Å²) in [5.41, 5.74) is -1.41. The van der Waals surface area contributed by atoms with E-state index < -0.39 is 23.0 Å². The Balaban J connectivity index is 3.06. The molecule has 1 unspecified atom stereocenters. The third-order valence-corrected chi connectivity index (χ3v) is 3.68. The molecule has 0 amide bonds. The lowest BCUT2D eigenvalue weighted by molar-refractivity contribution is -0.160. The van der Waals surface area contributed by atoms with E-state index in [-0.39, 0.29) is 24.4 Å². The largest absolute Gasteiger partial charge is 0.465 e. The summed E-state index contributed by atoms with van der Waals surface area (Å²) in [5.74, 6) is -1.49. The second kappa shape index (κ2) is 7.11. The van der Waals surface area contributed by atoms with Gasteiger partial charge in [0.25, 0.3) is 0 Å². The molecule has 0 saturated heterocycles. The van der Waals surface area contributed by atoms with Crippen molar-refractivity contribution in [3.63, 3.8) is 0 Å². The molecule has 1 rings (SSSR count). The number of Topliss-reactive ketones (excluding diaryl/α,β-unsaturated/α-hetero) is 1. The molecule has 128 valence electrons. The summed E-state index contributed by atoms with van der Waals surface area (Å²) < 4.78 is 10.4. The summed E-state index contributed by atoms with van der Waals surface area (Å²) in [6.07, 6.45) is 2.61. The third kappa shape index (κ3) is 4.53. The first kappa shape index (κ1) is 19.1. The smallest absolute Gasteiger partial charge is 0.333 e. The van der Waals surface area contributed by atoms with Crippen molar-refractivity contribution in [2.24, 2.45) is 5.41 Å². The van der Waals surface area contributed by atoms with Crippen LogP contribution in [0.5, 0.6) is 0 Å². The predicted molar refractivity (Wildman–Crippen MR) is 86.7 cm³/mol. The highest BCUT2D eigenvalue weighted by Gasteiger charge is 2.49. The van der Waals surface area contributed by atoms with Crippen LogP contribution in [0.3, 0.4) is 0 Å². The van der Waals surface area contributed by atoms with Gasteiger partial charge in [-0.2, -0.15) is 0 Å². The molecule has 1 atom stereocenters. The van der Waals surface area contributed by atoms with Crippen LogP contribution >= 0.6 is 0 Å². The molecule has 0 saturated carbocycles. The Morgan fingerprint density at radius 2 is 1.96 bits per heavy atom. The van der Waals surface area contributed by atoms with Gasteiger partial charge in [-0.1, -0.05) is 12.7 Å². The van der Waals surface area contributed by atoms with Crippen LogP contribution in [0.4, 0.5) is 0 Å². The molecule has 0 N–H and O–H groups in total. The standard InChI is InChI=1S/C18H26O5/c1-7-22-16(21)18(10-8-9-12(2)14(18)19)11-13(3)15(20)23-17(4,5)6/h9H,3,7-8,10-11H2,1-2,4-6H3. The fourth-order valence-corrected chi connectivity index (χ4v) is 2.61. The minimum absolute atomic E-state index is 0.0786. The van der Waals surface area contributed by atoms with E-state index >= 15 is 0 Å². The van der Waals surface area contributed by atoms with E-state index in [0.717, 1.165) is 0 Å². The van der Waals surface area contributed by atoms with Crippen molar-refractivity contribution in [3.05, 3.63) is 23.8 Å². The van der Waals surface area contributed by atoms with E-state index in [2.05, 4.69) is 6.58 Å². The number of ketones is 1. The quantitative estimate of drug-likeness (QED) is 0.442. The maximum absolute atomic E-state index is 12.6. The second-order valence-electron chi connectivity index (χ2n) is 6.84. The average molecular weight is 322 g/mol. The first-order chi connectivity index (χ1) is 10.5. The monoisotopic (exact) mass is 322 g/mol. The van der Waals surface area contributed by atoms with Gasteiger partial charge in [0.2, 0.25) is 0 Å². The second-order valence-corrected chi connectivity index (χ2v) is 6.84. The Kier molecular flexibility index (Phi) is 5.92. The molecular formula is C18H26O5. The Bertz CT molecular complexity index is 550. The van der Waals surface area contributed by atoms with Crippen LogP contribution in [-0.4, -0.2) is 29.9 Å². The highest BCUT2D eigenvalue weighted by Crippen LogP contribution is 2.40. The molecule has 1 aliphatic carbocycles. The summed E-state index contributed by atoms with van der Waals surface area (Å²) in [4.78, 5) is 37.2. The lowest BCUT2D eigenvalue weighted by atomic mass is 9.69. The molecule has 5 nitrogen and oxygen atoms in total. The van der Waals surface area contributed by atoms with Crippen molar-refractivity contribution in [2.45, 2.75) is 59.5 Å². The lowest BCUT2D eigenvalue weighted by Crippen LogP contribution is -2.44. The van der Waals surface area contributed by atoms with Gasteiger partial charge in [-0.15, -0.1) is 0 Å². The molecule has 0 aliphatic heterocycles. The first-order valence-electron chi connectivity index (χ1n) is 7.83. The van der Waals surface area contributed by atoms with Crippen molar-refractivity contribution >= 4 is 17.7 Å². The van der Waals surface area contributed by atoms with Gasteiger partial charge >= 0.3 is 11.9 Å². The van der Waals surface area contributed by atoms with Crippen molar-refractivity contribution in [3.8, 4) is 0 Å². The van der Waals surface area contributed by atoms with Gasteiger partial charge < -0.3 is 9.47 Å². The molecule has 1 aliphatic rings. The topological polar surface area (TPSA) is 69.7 Å². The lowest BCUT2D eigenvalue weighted by Gasteiger charge is -2.33. The maximum atomic E-state index is 12.6. The minimum Gasteiger partial charge on any atom is -0.465 e. The molecule has 5 heteroatoms. The molecule has 0 heterocycles. The normalized spacial score (nSPS) is 21.4. The van der Waals surface area contributed by atoms with E-state index in [1.165, 1.54) is 0 Å². The zero-order chi connectivity index (χ0) is 17.8. The van der Waals surface area contributed by atoms with Gasteiger partial charge in [-0.05, 0) is 53.0 Å². The van der Waals surface area contributed by atoms with Gasteiger partial charge in [0.1, 0.15) is 11.0 Å². The number of hydrogen-bond donors (Lipinski definition) is 0. The summed E-state index contributed by atoms with van der Waals surface area (Å²) in [7, 11) is 0. The van der Waals surface area contributed by atoms with Crippen LogP contribution in [-0.2, 0) is 23.9 Å². The molecule has 0 radical (unpaired) electrons. The predicted octanol–water partition coefficient (Wildman–Crippen LogP) is 3.13. The van der Waals surface area contributed by atoms with Crippen LogP contribution in [0.2, 0.25) is 0 Å². The number of esters is 2. The summed E-state index contributed by atoms with van der Waals surface area (Å²) >= 11 is 0. The molecule has 0 aromatic carbocycles. The molecule has 0 aromatic rings. The number of carbonyl (C=O) groups is 3. The van der Waals surface area contributed by atoms with Crippen LogP contribution in [0.1, 0.15) is 53.9 Å². The number of rotatable bonds is 5. The van der Waals surface area contributed by atoms with E-state index in [0.29, 0.717) is 18.4 Å². The van der Waals surface area contributed by atoms with Gasteiger partial charge in [-0.25, -0.2) is 4.79 Å². The van der Waals surface area contributed by atoms with Crippen LogP contribution in [0, 0.1) is 5.41 Å². The number of hydrogen-bond acceptors (Lipinski definition) is 5. The number of carbonyl (C=O) groups excluding carboxylic acids is 3. The molecule has 0 aromatic heterocycles. The van der Waals surface area contributed by atoms with Crippen LogP contribution < -0.4 is 0 Å². The SMILES string of the molecule is C=C(CC1(C(=O)OCC)CCC=C(C)C1=O)C(=O)OC(C)(C)C. The highest BCUT2D eigenvalue weighted by atomic mass is 16.6. The van der Waals surface area contributed by atoms with Crippen molar-refractivity contribution in [1.82, 2.24) is 0 Å². The average Bonchev–Trinajstić information content (AvgIpc) is 2.42. The Labute approximate surface area is 137 Å². The van der Waals surface area contributed by atoms with E-state index in [4.69, 9.17) is 9.47 Å². The van der Waals surface area contributed by atoms with Crippen molar-refractivity contribution < 1.29 is 23.9 Å². The van der Waals surface area contributed by atoms with Gasteiger partial charge in [0.15, 0.2) is 5.78 Å². The Morgan fingerprint density at radius 1 is 1.35 bits per heavy atom. The van der Waals surface area contributed by atoms with E-state index in [1.54, 1.807) is 40.7 Å². The molecular weight excluding hydrogens is 296 g/mol. The highest BCUT2D eigenvalue weighted by molar-refractivity contribution is 6.13. The zero-order valence-electron chi connectivity index (χ0n) is 14.7. The van der Waals surface area contributed by atoms with Crippen LogP contribution in [0.25, 0.3) is 0 Å². The minimum atomic E-state index is -1.37. The molecule has 23 heavy (non-hydrogen) atoms. The van der Waals surface area contributed by atoms with Crippen molar-refractivity contribution in [2.75, 3.05) is 6.61 Å². The van der Waals surface area contributed by atoms with E-state index in [1.807, 2.05) is 0 Å². The third-order valence-electron chi connectivity index (χ3n) is 3.68. The number of ether oxygens (including phenoxy) is 2. The number of allylic oxidation sites excluding steroid dienone is 2. The maximum Gasteiger partial charge on any atom is 0.333 e. The van der Waals surface area contributed by atoms with E-state index in [9.17, 15) is 14.4 Å². The summed E-state index contributed by atoms with van der Waals surface area (Å²) in [6.45, 7) is 12.5. The zero-order valence-corrected chi connectivity index (χ0v) is 14.7. The van der Waals surface area contributed by atoms with Crippen molar-refractivity contribution in [1.29, 1.82) is 0 Å². The Morgan fingerprint density at radius 3 is 2.48 bits per heavy atom. The summed E-state index contributed by atoms with van der Waals surface area (Å²) in [5, 5.41) is 0. The molecule has 0 bridgehead atoms.